The number of rotatable bonds is 5. The van der Waals surface area contributed by atoms with Gasteiger partial charge in [0.2, 0.25) is 0 Å². The van der Waals surface area contributed by atoms with Gasteiger partial charge in [-0.3, -0.25) is 0 Å². The predicted octanol–water partition coefficient (Wildman–Crippen LogP) is 5.71. The maximum atomic E-state index is 11.1. The van der Waals surface area contributed by atoms with Crippen LogP contribution in [0.15, 0.2) is 35.7 Å². The molecule has 0 aliphatic carbocycles. The maximum Gasteiger partial charge on any atom is 0.335 e. The highest BCUT2D eigenvalue weighted by atomic mass is 35.5. The van der Waals surface area contributed by atoms with Crippen LogP contribution in [0.5, 0.6) is 0 Å². The summed E-state index contributed by atoms with van der Waals surface area (Å²) < 4.78 is 0. The molecule has 0 bridgehead atoms. The number of benzene rings is 1. The molecular weight excluding hydrogens is 373 g/mol. The third-order valence-corrected chi connectivity index (χ3v) is 6.15. The Morgan fingerprint density at radius 2 is 2.04 bits per heavy atom. The van der Waals surface area contributed by atoms with Crippen molar-refractivity contribution in [2.45, 2.75) is 11.8 Å². The first-order valence-corrected chi connectivity index (χ1v) is 9.42. The van der Waals surface area contributed by atoms with Crippen LogP contribution in [0.2, 0.25) is 0 Å². The van der Waals surface area contributed by atoms with E-state index in [9.17, 15) is 4.79 Å². The van der Waals surface area contributed by atoms with Crippen LogP contribution in [0.25, 0.3) is 21.8 Å². The highest BCUT2D eigenvalue weighted by Crippen LogP contribution is 2.36. The molecule has 7 heteroatoms. The topological polar surface area (TPSA) is 50.2 Å². The number of aromatic carboxylic acids is 1. The maximum absolute atomic E-state index is 11.1. The Hall–Kier alpha value is -1.40. The number of thiazole rings is 1. The summed E-state index contributed by atoms with van der Waals surface area (Å²) >= 11 is 15.0. The van der Waals surface area contributed by atoms with Crippen molar-refractivity contribution in [3.63, 3.8) is 0 Å². The number of aromatic nitrogens is 1. The molecule has 0 aliphatic rings. The molecule has 0 saturated carbocycles. The second kappa shape index (κ2) is 7.01. The Balaban J connectivity index is 1.99. The molecule has 0 unspecified atom stereocenters. The van der Waals surface area contributed by atoms with Crippen LogP contribution >= 0.6 is 45.9 Å². The minimum Gasteiger partial charge on any atom is -0.478 e. The highest BCUT2D eigenvalue weighted by molar-refractivity contribution is 7.14. The molecule has 1 N–H and O–H groups in total. The van der Waals surface area contributed by atoms with Crippen LogP contribution < -0.4 is 0 Å². The average Bonchev–Trinajstić information content (AvgIpc) is 3.21. The molecule has 3 rings (SSSR count). The van der Waals surface area contributed by atoms with Gasteiger partial charge in [0.15, 0.2) is 0 Å². The minimum absolute atomic E-state index is 0.251. The fourth-order valence-electron chi connectivity index (χ4n) is 2.18. The van der Waals surface area contributed by atoms with Crippen molar-refractivity contribution in [2.24, 2.45) is 0 Å². The zero-order valence-electron chi connectivity index (χ0n) is 11.8. The van der Waals surface area contributed by atoms with Gasteiger partial charge in [-0.1, -0.05) is 12.1 Å². The molecule has 0 radical (unpaired) electrons. The van der Waals surface area contributed by atoms with E-state index < -0.39 is 5.97 Å². The quantitative estimate of drug-likeness (QED) is 0.573. The van der Waals surface area contributed by atoms with E-state index in [1.54, 1.807) is 29.5 Å². The molecule has 0 amide bonds. The van der Waals surface area contributed by atoms with Crippen molar-refractivity contribution in [1.29, 1.82) is 0 Å². The molecule has 2 aromatic heterocycles. The lowest BCUT2D eigenvalue weighted by molar-refractivity contribution is 0.0697. The van der Waals surface area contributed by atoms with Crippen LogP contribution in [0.1, 0.15) is 20.1 Å². The predicted molar refractivity (Wildman–Crippen MR) is 96.9 cm³/mol. The first-order chi connectivity index (χ1) is 11.1. The zero-order chi connectivity index (χ0) is 16.4. The summed E-state index contributed by atoms with van der Waals surface area (Å²) in [6.07, 6.45) is 0. The largest absolute Gasteiger partial charge is 0.478 e. The summed E-state index contributed by atoms with van der Waals surface area (Å²) in [5, 5.41) is 11.8. The number of alkyl halides is 2. The lowest BCUT2D eigenvalue weighted by Gasteiger charge is -1.99. The van der Waals surface area contributed by atoms with E-state index in [0.717, 1.165) is 31.6 Å². The first kappa shape index (κ1) is 16.5. The van der Waals surface area contributed by atoms with Gasteiger partial charge in [0.25, 0.3) is 0 Å². The van der Waals surface area contributed by atoms with Crippen molar-refractivity contribution in [2.75, 3.05) is 0 Å². The molecule has 0 saturated heterocycles. The second-order valence-corrected chi connectivity index (χ2v) is 7.35. The molecule has 3 aromatic rings. The van der Waals surface area contributed by atoms with Gasteiger partial charge < -0.3 is 5.11 Å². The molecule has 0 fully saturated rings. The summed E-state index contributed by atoms with van der Waals surface area (Å²) in [7, 11) is 0. The molecular formula is C16H11Cl2NO2S2. The Bertz CT molecular complexity index is 857. The average molecular weight is 384 g/mol. The number of carboxylic acids is 1. The minimum atomic E-state index is -0.947. The Morgan fingerprint density at radius 3 is 2.74 bits per heavy atom. The van der Waals surface area contributed by atoms with Gasteiger partial charge >= 0.3 is 5.97 Å². The summed E-state index contributed by atoms with van der Waals surface area (Å²) in [5.74, 6) is -0.0811. The molecule has 3 nitrogen and oxygen atoms in total. The number of hydrogen-bond acceptors (Lipinski definition) is 4. The van der Waals surface area contributed by atoms with Gasteiger partial charge in [0.1, 0.15) is 5.01 Å². The molecule has 1 aromatic carbocycles. The van der Waals surface area contributed by atoms with Gasteiger partial charge in [0, 0.05) is 26.3 Å². The second-order valence-electron chi connectivity index (χ2n) is 4.74. The van der Waals surface area contributed by atoms with E-state index in [-0.39, 0.29) is 5.56 Å². The van der Waals surface area contributed by atoms with Gasteiger partial charge in [-0.05, 0) is 18.2 Å². The van der Waals surface area contributed by atoms with Crippen LogP contribution in [-0.2, 0) is 11.8 Å². The van der Waals surface area contributed by atoms with Crippen molar-refractivity contribution >= 4 is 51.8 Å². The summed E-state index contributed by atoms with van der Waals surface area (Å²) in [4.78, 5) is 17.8. The van der Waals surface area contributed by atoms with E-state index in [1.165, 1.54) is 11.3 Å². The number of thiophene rings is 1. The van der Waals surface area contributed by atoms with Crippen LogP contribution in [0, 0.1) is 0 Å². The molecule has 0 aliphatic heterocycles. The van der Waals surface area contributed by atoms with Crippen LogP contribution in [-0.4, -0.2) is 16.1 Å². The number of carbonyl (C=O) groups is 1. The molecule has 0 spiro atoms. The summed E-state index contributed by atoms with van der Waals surface area (Å²) in [6, 6.07) is 8.79. The molecule has 118 valence electrons. The standard InChI is InChI=1S/C16H11Cl2NO2S2/c17-6-11-5-12(14(7-18)23-11)13-8-22-15(19-13)9-2-1-3-10(4-9)16(20)21/h1-5,8H,6-7H2,(H,20,21). The zero-order valence-corrected chi connectivity index (χ0v) is 14.9. The monoisotopic (exact) mass is 383 g/mol. The molecule has 23 heavy (non-hydrogen) atoms. The van der Waals surface area contributed by atoms with Gasteiger partial charge in [-0.15, -0.1) is 45.9 Å². The SMILES string of the molecule is O=C(O)c1cccc(-c2nc(-c3cc(CCl)sc3CCl)cs2)c1. The van der Waals surface area contributed by atoms with E-state index in [4.69, 9.17) is 28.3 Å². The van der Waals surface area contributed by atoms with E-state index in [0.29, 0.717) is 11.8 Å². The Morgan fingerprint density at radius 1 is 1.22 bits per heavy atom. The van der Waals surface area contributed by atoms with Gasteiger partial charge in [-0.25, -0.2) is 9.78 Å². The number of hydrogen-bond donors (Lipinski definition) is 1. The van der Waals surface area contributed by atoms with E-state index in [1.807, 2.05) is 17.5 Å². The summed E-state index contributed by atoms with van der Waals surface area (Å²) in [6.45, 7) is 0. The van der Waals surface area contributed by atoms with Crippen molar-refractivity contribution in [3.8, 4) is 21.8 Å². The van der Waals surface area contributed by atoms with Crippen molar-refractivity contribution in [1.82, 2.24) is 4.98 Å². The lowest BCUT2D eigenvalue weighted by Crippen LogP contribution is -1.95. The number of carboxylic acid groups (broad SMARTS) is 1. The van der Waals surface area contributed by atoms with Gasteiger partial charge in [-0.2, -0.15) is 0 Å². The van der Waals surface area contributed by atoms with Crippen LogP contribution in [0.3, 0.4) is 0 Å². The Kier molecular flexibility index (Phi) is 5.02. The summed E-state index contributed by atoms with van der Waals surface area (Å²) in [5.41, 5.74) is 2.88. The third kappa shape index (κ3) is 3.43. The normalized spacial score (nSPS) is 10.9. The first-order valence-electron chi connectivity index (χ1n) is 6.65. The lowest BCUT2D eigenvalue weighted by atomic mass is 10.1. The van der Waals surface area contributed by atoms with Crippen molar-refractivity contribution in [3.05, 3.63) is 51.0 Å². The fraction of sp³-hybridized carbons (Fsp3) is 0.125. The van der Waals surface area contributed by atoms with Crippen molar-refractivity contribution < 1.29 is 9.90 Å². The Labute approximate surface area is 151 Å². The number of nitrogens with zero attached hydrogens (tertiary/aromatic N) is 1. The van der Waals surface area contributed by atoms with E-state index in [2.05, 4.69) is 4.98 Å². The third-order valence-electron chi connectivity index (χ3n) is 3.25. The van der Waals surface area contributed by atoms with Crippen LogP contribution in [0.4, 0.5) is 0 Å². The van der Waals surface area contributed by atoms with Gasteiger partial charge in [0.05, 0.1) is 23.0 Å². The molecule has 2 heterocycles. The number of halogens is 2. The highest BCUT2D eigenvalue weighted by Gasteiger charge is 2.14. The smallest absolute Gasteiger partial charge is 0.335 e. The fourth-order valence-corrected chi connectivity index (χ4v) is 4.42. The van der Waals surface area contributed by atoms with E-state index >= 15 is 0 Å². The molecule has 0 atom stereocenters.